The first-order chi connectivity index (χ1) is 11.1. The zero-order valence-corrected chi connectivity index (χ0v) is 12.8. The van der Waals surface area contributed by atoms with Crippen LogP contribution in [0.4, 0.5) is 0 Å². The Hall–Kier alpha value is -2.75. The smallest absolute Gasteiger partial charge is 0.248 e. The van der Waals surface area contributed by atoms with E-state index in [-0.39, 0.29) is 29.8 Å². The fraction of sp³-hybridized carbons (Fsp3) is 0.211. The van der Waals surface area contributed by atoms with Crippen LogP contribution in [0.1, 0.15) is 41.1 Å². The van der Waals surface area contributed by atoms with Crippen LogP contribution in [-0.4, -0.2) is 17.5 Å². The van der Waals surface area contributed by atoms with Gasteiger partial charge in [-0.25, -0.2) is 0 Å². The third-order valence-electron chi connectivity index (χ3n) is 3.67. The monoisotopic (exact) mass is 309 g/mol. The number of carbonyl (C=O) groups is 3. The van der Waals surface area contributed by atoms with Crippen molar-refractivity contribution in [2.45, 2.75) is 25.2 Å². The highest BCUT2D eigenvalue weighted by Gasteiger charge is 2.26. The van der Waals surface area contributed by atoms with Gasteiger partial charge in [0, 0.05) is 18.4 Å². The van der Waals surface area contributed by atoms with Crippen molar-refractivity contribution in [2.75, 3.05) is 0 Å². The molecule has 2 N–H and O–H groups in total. The zero-order chi connectivity index (χ0) is 16.7. The SMILES string of the molecule is NC(=O)c1ccccc1.O=C1CC(=O)CC(c2ccccc2)C1. The molecular weight excluding hydrogens is 290 g/mol. The maximum absolute atomic E-state index is 11.2. The van der Waals surface area contributed by atoms with E-state index in [1.807, 2.05) is 36.4 Å². The van der Waals surface area contributed by atoms with Crippen molar-refractivity contribution in [3.05, 3.63) is 71.8 Å². The molecule has 1 fully saturated rings. The van der Waals surface area contributed by atoms with Gasteiger partial charge in [-0.05, 0) is 23.6 Å². The second-order valence-electron chi connectivity index (χ2n) is 5.50. The normalized spacial score (nSPS) is 14.8. The number of rotatable bonds is 2. The Morgan fingerprint density at radius 3 is 1.74 bits per heavy atom. The molecule has 0 radical (unpaired) electrons. The molecule has 1 amide bonds. The minimum absolute atomic E-state index is 0.0788. The summed E-state index contributed by atoms with van der Waals surface area (Å²) in [6.07, 6.45) is 1.19. The Balaban J connectivity index is 0.000000185. The zero-order valence-electron chi connectivity index (χ0n) is 12.8. The highest BCUT2D eigenvalue weighted by atomic mass is 16.2. The first-order valence-electron chi connectivity index (χ1n) is 7.49. The number of Topliss-reactive ketones (excluding diaryl/α,β-unsaturated/α-hetero) is 2. The average molecular weight is 309 g/mol. The molecule has 23 heavy (non-hydrogen) atoms. The molecule has 0 aliphatic heterocycles. The summed E-state index contributed by atoms with van der Waals surface area (Å²) in [5, 5.41) is 0. The molecule has 0 unspecified atom stereocenters. The van der Waals surface area contributed by atoms with Crippen LogP contribution in [-0.2, 0) is 9.59 Å². The van der Waals surface area contributed by atoms with Gasteiger partial charge in [0.25, 0.3) is 0 Å². The van der Waals surface area contributed by atoms with Gasteiger partial charge in [0.05, 0.1) is 6.42 Å². The van der Waals surface area contributed by atoms with Crippen LogP contribution in [0.5, 0.6) is 0 Å². The van der Waals surface area contributed by atoms with Gasteiger partial charge in [0.15, 0.2) is 0 Å². The van der Waals surface area contributed by atoms with Crippen molar-refractivity contribution in [2.24, 2.45) is 5.73 Å². The fourth-order valence-corrected chi connectivity index (χ4v) is 2.55. The van der Waals surface area contributed by atoms with E-state index < -0.39 is 0 Å². The fourth-order valence-electron chi connectivity index (χ4n) is 2.55. The first kappa shape index (κ1) is 16.6. The van der Waals surface area contributed by atoms with E-state index in [1.54, 1.807) is 24.3 Å². The van der Waals surface area contributed by atoms with Crippen molar-refractivity contribution in [3.8, 4) is 0 Å². The molecule has 2 aromatic carbocycles. The van der Waals surface area contributed by atoms with E-state index in [0.717, 1.165) is 5.56 Å². The molecule has 0 heterocycles. The Bertz CT molecular complexity index is 664. The third-order valence-corrected chi connectivity index (χ3v) is 3.67. The van der Waals surface area contributed by atoms with Crippen LogP contribution in [0.25, 0.3) is 0 Å². The van der Waals surface area contributed by atoms with Gasteiger partial charge >= 0.3 is 0 Å². The topological polar surface area (TPSA) is 77.2 Å². The standard InChI is InChI=1S/C12H12O2.C7H7NO/c13-11-6-10(7-12(14)8-11)9-4-2-1-3-5-9;8-7(9)6-4-2-1-3-5-6/h1-5,10H,6-8H2;1-5H,(H2,8,9). The van der Waals surface area contributed by atoms with E-state index in [4.69, 9.17) is 5.73 Å². The van der Waals surface area contributed by atoms with E-state index in [2.05, 4.69) is 0 Å². The number of amides is 1. The molecule has 0 aromatic heterocycles. The molecule has 1 aliphatic carbocycles. The lowest BCUT2D eigenvalue weighted by Gasteiger charge is -2.19. The summed E-state index contributed by atoms with van der Waals surface area (Å²) in [6.45, 7) is 0. The van der Waals surface area contributed by atoms with Gasteiger partial charge in [0.1, 0.15) is 11.6 Å². The minimum atomic E-state index is -0.379. The van der Waals surface area contributed by atoms with Crippen molar-refractivity contribution in [1.82, 2.24) is 0 Å². The molecule has 2 aromatic rings. The summed E-state index contributed by atoms with van der Waals surface area (Å²) in [5.41, 5.74) is 6.63. The summed E-state index contributed by atoms with van der Waals surface area (Å²) in [4.78, 5) is 32.9. The highest BCUT2D eigenvalue weighted by molar-refractivity contribution is 6.02. The van der Waals surface area contributed by atoms with Crippen molar-refractivity contribution >= 4 is 17.5 Å². The summed E-state index contributed by atoms with van der Waals surface area (Å²) >= 11 is 0. The Morgan fingerprint density at radius 1 is 0.826 bits per heavy atom. The number of hydrogen-bond acceptors (Lipinski definition) is 3. The molecule has 1 saturated carbocycles. The average Bonchev–Trinajstić information content (AvgIpc) is 2.56. The Kier molecular flexibility index (Phi) is 5.80. The van der Waals surface area contributed by atoms with Gasteiger partial charge in [0.2, 0.25) is 5.91 Å². The van der Waals surface area contributed by atoms with Crippen LogP contribution in [0, 0.1) is 0 Å². The summed E-state index contributed by atoms with van der Waals surface area (Å²) in [7, 11) is 0. The van der Waals surface area contributed by atoms with Gasteiger partial charge < -0.3 is 5.73 Å². The van der Waals surface area contributed by atoms with Gasteiger partial charge in [-0.15, -0.1) is 0 Å². The van der Waals surface area contributed by atoms with E-state index in [0.29, 0.717) is 18.4 Å². The second kappa shape index (κ2) is 8.03. The van der Waals surface area contributed by atoms with E-state index in [1.165, 1.54) is 0 Å². The lowest BCUT2D eigenvalue weighted by Crippen LogP contribution is -2.21. The molecule has 3 rings (SSSR count). The molecule has 0 bridgehead atoms. The lowest BCUT2D eigenvalue weighted by atomic mass is 9.83. The number of hydrogen-bond donors (Lipinski definition) is 1. The Labute approximate surface area is 135 Å². The summed E-state index contributed by atoms with van der Waals surface area (Å²) in [6, 6.07) is 18.6. The van der Waals surface area contributed by atoms with Gasteiger partial charge in [-0.1, -0.05) is 48.5 Å². The maximum Gasteiger partial charge on any atom is 0.248 e. The Morgan fingerprint density at radius 2 is 1.30 bits per heavy atom. The number of primary amides is 1. The summed E-state index contributed by atoms with van der Waals surface area (Å²) < 4.78 is 0. The van der Waals surface area contributed by atoms with Crippen LogP contribution in [0.15, 0.2) is 60.7 Å². The van der Waals surface area contributed by atoms with Crippen molar-refractivity contribution in [3.63, 3.8) is 0 Å². The number of benzene rings is 2. The molecule has 4 nitrogen and oxygen atoms in total. The molecule has 0 spiro atoms. The lowest BCUT2D eigenvalue weighted by molar-refractivity contribution is -0.130. The molecular formula is C19H19NO3. The second-order valence-corrected chi connectivity index (χ2v) is 5.50. The molecule has 1 aliphatic rings. The van der Waals surface area contributed by atoms with E-state index >= 15 is 0 Å². The predicted octanol–water partition coefficient (Wildman–Crippen LogP) is 2.88. The summed E-state index contributed by atoms with van der Waals surface area (Å²) in [5.74, 6) is -0.106. The molecule has 0 atom stereocenters. The van der Waals surface area contributed by atoms with Crippen molar-refractivity contribution < 1.29 is 14.4 Å². The van der Waals surface area contributed by atoms with Crippen LogP contribution >= 0.6 is 0 Å². The third kappa shape index (κ3) is 5.18. The van der Waals surface area contributed by atoms with Gasteiger partial charge in [-0.3, -0.25) is 14.4 Å². The highest BCUT2D eigenvalue weighted by Crippen LogP contribution is 2.28. The number of ketones is 2. The minimum Gasteiger partial charge on any atom is -0.366 e. The largest absolute Gasteiger partial charge is 0.366 e. The molecule has 0 saturated heterocycles. The maximum atomic E-state index is 11.2. The van der Waals surface area contributed by atoms with Crippen molar-refractivity contribution in [1.29, 1.82) is 0 Å². The van der Waals surface area contributed by atoms with Crippen LogP contribution < -0.4 is 5.73 Å². The molecule has 4 heteroatoms. The van der Waals surface area contributed by atoms with Crippen LogP contribution in [0.3, 0.4) is 0 Å². The van der Waals surface area contributed by atoms with E-state index in [9.17, 15) is 14.4 Å². The predicted molar refractivity (Wildman–Crippen MR) is 88.0 cm³/mol. The van der Waals surface area contributed by atoms with Gasteiger partial charge in [-0.2, -0.15) is 0 Å². The number of carbonyl (C=O) groups excluding carboxylic acids is 3. The molecule has 118 valence electrons. The number of nitrogens with two attached hydrogens (primary N) is 1. The van der Waals surface area contributed by atoms with Crippen LogP contribution in [0.2, 0.25) is 0 Å². The first-order valence-corrected chi connectivity index (χ1v) is 7.49. The quantitative estimate of drug-likeness (QED) is 0.866.